The predicted molar refractivity (Wildman–Crippen MR) is 71.9 cm³/mol. The van der Waals surface area contributed by atoms with Crippen LogP contribution in [-0.4, -0.2) is 74.6 Å². The standard InChI is InChI=1S/C13H22N2O5/c16-8-11(18)13(20)12(19)10(17)7-14-6-4-9-3-1-2-5-15-9/h1-3,5,10-14,16-20H,4,6-8H2/t10-,11+,12+,13+/m0/s1. The van der Waals surface area contributed by atoms with E-state index in [2.05, 4.69) is 10.3 Å². The van der Waals surface area contributed by atoms with Gasteiger partial charge >= 0.3 is 0 Å². The maximum Gasteiger partial charge on any atom is 0.111 e. The van der Waals surface area contributed by atoms with E-state index in [9.17, 15) is 15.3 Å². The first kappa shape index (κ1) is 17.0. The number of hydrogen-bond acceptors (Lipinski definition) is 7. The third-order valence-electron chi connectivity index (χ3n) is 2.96. The zero-order valence-electron chi connectivity index (χ0n) is 11.1. The molecule has 0 aromatic carbocycles. The van der Waals surface area contributed by atoms with E-state index in [4.69, 9.17) is 10.2 Å². The molecule has 114 valence electrons. The molecule has 1 heterocycles. The fourth-order valence-corrected chi connectivity index (χ4v) is 1.70. The minimum atomic E-state index is -1.59. The highest BCUT2D eigenvalue weighted by Gasteiger charge is 2.29. The van der Waals surface area contributed by atoms with Gasteiger partial charge in [0.05, 0.1) is 12.7 Å². The molecule has 4 atom stereocenters. The van der Waals surface area contributed by atoms with Gasteiger partial charge in [-0.1, -0.05) is 6.07 Å². The summed E-state index contributed by atoms with van der Waals surface area (Å²) in [5.74, 6) is 0. The Morgan fingerprint density at radius 1 is 1.05 bits per heavy atom. The first-order valence-electron chi connectivity index (χ1n) is 6.50. The smallest absolute Gasteiger partial charge is 0.111 e. The van der Waals surface area contributed by atoms with Crippen molar-refractivity contribution >= 4 is 0 Å². The van der Waals surface area contributed by atoms with E-state index >= 15 is 0 Å². The lowest BCUT2D eigenvalue weighted by atomic mass is 10.0. The fraction of sp³-hybridized carbons (Fsp3) is 0.615. The molecule has 0 radical (unpaired) electrons. The summed E-state index contributed by atoms with van der Waals surface area (Å²) in [5.41, 5.74) is 0.908. The van der Waals surface area contributed by atoms with E-state index in [0.717, 1.165) is 5.69 Å². The average molecular weight is 286 g/mol. The lowest BCUT2D eigenvalue weighted by molar-refractivity contribution is -0.113. The summed E-state index contributed by atoms with van der Waals surface area (Å²) in [6.07, 6.45) is -3.47. The van der Waals surface area contributed by atoms with Gasteiger partial charge in [-0.15, -0.1) is 0 Å². The Labute approximate surface area is 117 Å². The van der Waals surface area contributed by atoms with Crippen molar-refractivity contribution in [2.45, 2.75) is 30.8 Å². The van der Waals surface area contributed by atoms with Crippen molar-refractivity contribution in [1.29, 1.82) is 0 Å². The van der Waals surface area contributed by atoms with Crippen LogP contribution in [0.25, 0.3) is 0 Å². The molecule has 7 heteroatoms. The van der Waals surface area contributed by atoms with E-state index < -0.39 is 31.0 Å². The monoisotopic (exact) mass is 286 g/mol. The van der Waals surface area contributed by atoms with E-state index in [-0.39, 0.29) is 6.54 Å². The largest absolute Gasteiger partial charge is 0.394 e. The highest BCUT2D eigenvalue weighted by molar-refractivity contribution is 5.03. The summed E-state index contributed by atoms with van der Waals surface area (Å²) in [5, 5.41) is 49.4. The van der Waals surface area contributed by atoms with Gasteiger partial charge in [0.25, 0.3) is 0 Å². The van der Waals surface area contributed by atoms with Gasteiger partial charge < -0.3 is 30.8 Å². The minimum Gasteiger partial charge on any atom is -0.394 e. The molecule has 0 aliphatic heterocycles. The molecule has 0 bridgehead atoms. The normalized spacial score (nSPS) is 17.4. The molecule has 0 spiro atoms. The van der Waals surface area contributed by atoms with Crippen LogP contribution >= 0.6 is 0 Å². The number of rotatable bonds is 9. The zero-order chi connectivity index (χ0) is 15.0. The van der Waals surface area contributed by atoms with Crippen LogP contribution < -0.4 is 5.32 Å². The molecular formula is C13H22N2O5. The molecule has 7 nitrogen and oxygen atoms in total. The number of nitrogens with zero attached hydrogens (tertiary/aromatic N) is 1. The van der Waals surface area contributed by atoms with Crippen LogP contribution in [0.5, 0.6) is 0 Å². The van der Waals surface area contributed by atoms with Crippen molar-refractivity contribution in [1.82, 2.24) is 10.3 Å². The van der Waals surface area contributed by atoms with Crippen LogP contribution in [0.15, 0.2) is 24.4 Å². The van der Waals surface area contributed by atoms with Gasteiger partial charge in [-0.05, 0) is 12.1 Å². The third kappa shape index (κ3) is 5.49. The van der Waals surface area contributed by atoms with Crippen LogP contribution in [0, 0.1) is 0 Å². The van der Waals surface area contributed by atoms with Gasteiger partial charge in [0.2, 0.25) is 0 Å². The number of aromatic nitrogens is 1. The number of aliphatic hydroxyl groups is 5. The number of hydrogen-bond donors (Lipinski definition) is 6. The average Bonchev–Trinajstić information content (AvgIpc) is 2.50. The summed E-state index contributed by atoms with van der Waals surface area (Å²) in [6.45, 7) is -0.0687. The maximum absolute atomic E-state index is 9.65. The first-order valence-corrected chi connectivity index (χ1v) is 6.50. The molecule has 0 amide bonds. The van der Waals surface area contributed by atoms with Crippen molar-refractivity contribution < 1.29 is 25.5 Å². The van der Waals surface area contributed by atoms with Crippen LogP contribution in [0.4, 0.5) is 0 Å². The van der Waals surface area contributed by atoms with Gasteiger partial charge in [0.15, 0.2) is 0 Å². The summed E-state index contributed by atoms with van der Waals surface area (Å²) in [7, 11) is 0. The first-order chi connectivity index (χ1) is 9.56. The molecule has 0 saturated carbocycles. The number of pyridine rings is 1. The molecule has 0 unspecified atom stereocenters. The lowest BCUT2D eigenvalue weighted by Gasteiger charge is -2.25. The molecule has 20 heavy (non-hydrogen) atoms. The number of aliphatic hydroxyl groups excluding tert-OH is 5. The quantitative estimate of drug-likeness (QED) is 0.281. The van der Waals surface area contributed by atoms with Crippen molar-refractivity contribution in [3.05, 3.63) is 30.1 Å². The van der Waals surface area contributed by atoms with Crippen LogP contribution in [-0.2, 0) is 6.42 Å². The van der Waals surface area contributed by atoms with Gasteiger partial charge in [0, 0.05) is 31.4 Å². The molecule has 0 saturated heterocycles. The van der Waals surface area contributed by atoms with Gasteiger partial charge in [0.1, 0.15) is 18.3 Å². The highest BCUT2D eigenvalue weighted by atomic mass is 16.4. The fourth-order valence-electron chi connectivity index (χ4n) is 1.70. The predicted octanol–water partition coefficient (Wildman–Crippen LogP) is -2.35. The van der Waals surface area contributed by atoms with Gasteiger partial charge in [-0.3, -0.25) is 4.98 Å². The topological polar surface area (TPSA) is 126 Å². The van der Waals surface area contributed by atoms with E-state index in [0.29, 0.717) is 13.0 Å². The van der Waals surface area contributed by atoms with Crippen molar-refractivity contribution in [2.75, 3.05) is 19.7 Å². The Morgan fingerprint density at radius 3 is 2.35 bits per heavy atom. The minimum absolute atomic E-state index is 0.0587. The maximum atomic E-state index is 9.65. The zero-order valence-corrected chi connectivity index (χ0v) is 11.1. The van der Waals surface area contributed by atoms with Gasteiger partial charge in [-0.2, -0.15) is 0 Å². The Bertz CT molecular complexity index is 365. The molecule has 0 aliphatic carbocycles. The third-order valence-corrected chi connectivity index (χ3v) is 2.96. The molecule has 0 aliphatic rings. The Morgan fingerprint density at radius 2 is 1.75 bits per heavy atom. The van der Waals surface area contributed by atoms with Crippen molar-refractivity contribution in [3.8, 4) is 0 Å². The molecule has 1 aromatic rings. The Hall–Kier alpha value is -1.09. The van der Waals surface area contributed by atoms with Crippen molar-refractivity contribution in [3.63, 3.8) is 0 Å². The van der Waals surface area contributed by atoms with E-state index in [1.54, 1.807) is 6.20 Å². The summed E-state index contributed by atoms with van der Waals surface area (Å²) < 4.78 is 0. The second-order valence-electron chi connectivity index (χ2n) is 4.57. The lowest BCUT2D eigenvalue weighted by Crippen LogP contribution is -2.49. The highest BCUT2D eigenvalue weighted by Crippen LogP contribution is 2.04. The number of nitrogens with one attached hydrogen (secondary N) is 1. The molecule has 6 N–H and O–H groups in total. The summed E-state index contributed by atoms with van der Waals surface area (Å²) in [6, 6.07) is 5.59. The second-order valence-corrected chi connectivity index (χ2v) is 4.57. The molecular weight excluding hydrogens is 264 g/mol. The molecule has 0 fully saturated rings. The molecule has 1 aromatic heterocycles. The van der Waals surface area contributed by atoms with Crippen LogP contribution in [0.3, 0.4) is 0 Å². The molecule has 1 rings (SSSR count). The Kier molecular flexibility index (Phi) is 7.60. The van der Waals surface area contributed by atoms with E-state index in [1.165, 1.54) is 0 Å². The van der Waals surface area contributed by atoms with Gasteiger partial charge in [-0.25, -0.2) is 0 Å². The second kappa shape index (κ2) is 8.96. The van der Waals surface area contributed by atoms with Crippen LogP contribution in [0.2, 0.25) is 0 Å². The van der Waals surface area contributed by atoms with E-state index in [1.807, 2.05) is 18.2 Å². The Balaban J connectivity index is 2.24. The summed E-state index contributed by atoms with van der Waals surface area (Å²) in [4.78, 5) is 4.14. The van der Waals surface area contributed by atoms with Crippen molar-refractivity contribution in [2.24, 2.45) is 0 Å². The SMILES string of the molecule is OC[C@@H](O)[C@@H](O)[C@H](O)[C@@H](O)CNCCc1ccccn1. The summed E-state index contributed by atoms with van der Waals surface area (Å²) >= 11 is 0. The van der Waals surface area contributed by atoms with Crippen LogP contribution in [0.1, 0.15) is 5.69 Å².